The van der Waals surface area contributed by atoms with Crippen molar-refractivity contribution < 1.29 is 13.9 Å². The van der Waals surface area contributed by atoms with E-state index in [1.165, 1.54) is 0 Å². The van der Waals surface area contributed by atoms with Gasteiger partial charge >= 0.3 is 5.97 Å². The SMILES string of the molecule is CCn1ncc2c(C(=O)OCc3nnc(-c4ccc(Cl)cc4)o3)cc(-c3ccccc3)nc21. The first-order chi connectivity index (χ1) is 16.1. The van der Waals surface area contributed by atoms with Crippen LogP contribution in [0.5, 0.6) is 0 Å². The lowest BCUT2D eigenvalue weighted by Gasteiger charge is -2.08. The highest BCUT2D eigenvalue weighted by Crippen LogP contribution is 2.26. The van der Waals surface area contributed by atoms with Crippen molar-refractivity contribution in [3.05, 3.63) is 83.3 Å². The highest BCUT2D eigenvalue weighted by molar-refractivity contribution is 6.30. The molecule has 0 saturated heterocycles. The van der Waals surface area contributed by atoms with E-state index in [-0.39, 0.29) is 12.5 Å². The molecule has 0 bridgehead atoms. The number of aromatic nitrogens is 5. The summed E-state index contributed by atoms with van der Waals surface area (Å²) in [5.74, 6) is -0.0211. The third-order valence-corrected chi connectivity index (χ3v) is 5.33. The van der Waals surface area contributed by atoms with Crippen LogP contribution in [0.4, 0.5) is 0 Å². The molecule has 5 aromatic rings. The van der Waals surface area contributed by atoms with E-state index >= 15 is 0 Å². The average molecular weight is 460 g/mol. The molecule has 2 aromatic carbocycles. The molecule has 5 rings (SSSR count). The lowest BCUT2D eigenvalue weighted by molar-refractivity contribution is 0.0441. The number of esters is 1. The van der Waals surface area contributed by atoms with E-state index in [0.717, 1.165) is 11.1 Å². The first-order valence-corrected chi connectivity index (χ1v) is 10.7. The Hall–Kier alpha value is -4.04. The molecule has 0 amide bonds. The number of benzene rings is 2. The molecule has 3 heterocycles. The lowest BCUT2D eigenvalue weighted by atomic mass is 10.1. The van der Waals surface area contributed by atoms with Crippen molar-refractivity contribution in [3.8, 4) is 22.7 Å². The normalized spacial score (nSPS) is 11.1. The van der Waals surface area contributed by atoms with Crippen molar-refractivity contribution in [2.75, 3.05) is 0 Å². The number of nitrogens with zero attached hydrogens (tertiary/aromatic N) is 5. The van der Waals surface area contributed by atoms with Crippen LogP contribution in [0.15, 0.2) is 71.3 Å². The fourth-order valence-corrected chi connectivity index (χ4v) is 3.56. The van der Waals surface area contributed by atoms with Gasteiger partial charge in [-0.1, -0.05) is 41.9 Å². The number of hydrogen-bond acceptors (Lipinski definition) is 7. The maximum Gasteiger partial charge on any atom is 0.339 e. The van der Waals surface area contributed by atoms with Gasteiger partial charge < -0.3 is 9.15 Å². The molecule has 0 N–H and O–H groups in total. The van der Waals surface area contributed by atoms with Crippen molar-refractivity contribution in [2.45, 2.75) is 20.1 Å². The predicted octanol–water partition coefficient (Wildman–Crippen LogP) is 5.18. The zero-order valence-electron chi connectivity index (χ0n) is 17.6. The van der Waals surface area contributed by atoms with Crippen molar-refractivity contribution >= 4 is 28.6 Å². The van der Waals surface area contributed by atoms with Gasteiger partial charge in [-0.2, -0.15) is 5.10 Å². The first-order valence-electron chi connectivity index (χ1n) is 10.3. The molecule has 0 unspecified atom stereocenters. The van der Waals surface area contributed by atoms with E-state index in [4.69, 9.17) is 25.7 Å². The van der Waals surface area contributed by atoms with Crippen LogP contribution in [0.25, 0.3) is 33.7 Å². The summed E-state index contributed by atoms with van der Waals surface area (Å²) in [6.07, 6.45) is 1.63. The summed E-state index contributed by atoms with van der Waals surface area (Å²) in [5, 5.41) is 13.6. The van der Waals surface area contributed by atoms with E-state index in [2.05, 4.69) is 15.3 Å². The molecule has 0 radical (unpaired) electrons. The number of carbonyl (C=O) groups is 1. The van der Waals surface area contributed by atoms with E-state index in [9.17, 15) is 4.79 Å². The number of pyridine rings is 1. The van der Waals surface area contributed by atoms with E-state index in [1.54, 1.807) is 41.2 Å². The maximum absolute atomic E-state index is 13.0. The predicted molar refractivity (Wildman–Crippen MR) is 123 cm³/mol. The summed E-state index contributed by atoms with van der Waals surface area (Å²) in [4.78, 5) is 17.8. The molecule has 164 valence electrons. The van der Waals surface area contributed by atoms with Gasteiger partial charge in [-0.3, -0.25) is 0 Å². The number of rotatable bonds is 6. The van der Waals surface area contributed by atoms with Crippen LogP contribution in [0.1, 0.15) is 23.2 Å². The lowest BCUT2D eigenvalue weighted by Crippen LogP contribution is -2.08. The van der Waals surface area contributed by atoms with E-state index in [0.29, 0.717) is 39.7 Å². The van der Waals surface area contributed by atoms with Gasteiger partial charge in [0.1, 0.15) is 0 Å². The van der Waals surface area contributed by atoms with E-state index < -0.39 is 5.97 Å². The molecule has 33 heavy (non-hydrogen) atoms. The quantitative estimate of drug-likeness (QED) is 0.323. The molecule has 0 aliphatic carbocycles. The molecule has 3 aromatic heterocycles. The van der Waals surface area contributed by atoms with Crippen molar-refractivity contribution in [1.82, 2.24) is 25.0 Å². The number of halogens is 1. The Morgan fingerprint density at radius 2 is 1.85 bits per heavy atom. The third-order valence-electron chi connectivity index (χ3n) is 5.08. The van der Waals surface area contributed by atoms with Crippen molar-refractivity contribution in [1.29, 1.82) is 0 Å². The number of carbonyl (C=O) groups excluding carboxylic acids is 1. The molecule has 0 aliphatic heterocycles. The number of hydrogen-bond donors (Lipinski definition) is 0. The molecule has 0 spiro atoms. The Kier molecular flexibility index (Phi) is 5.58. The van der Waals surface area contributed by atoms with Crippen LogP contribution in [0, 0.1) is 0 Å². The van der Waals surface area contributed by atoms with E-state index in [1.807, 2.05) is 37.3 Å². The van der Waals surface area contributed by atoms with Gasteiger partial charge in [-0.05, 0) is 37.3 Å². The van der Waals surface area contributed by atoms with Gasteiger partial charge in [0.15, 0.2) is 12.3 Å². The van der Waals surface area contributed by atoms with Crippen molar-refractivity contribution in [2.24, 2.45) is 0 Å². The minimum absolute atomic E-state index is 0.161. The van der Waals surface area contributed by atoms with Gasteiger partial charge in [0.25, 0.3) is 5.89 Å². The van der Waals surface area contributed by atoms with Crippen LogP contribution in [0.2, 0.25) is 5.02 Å². The maximum atomic E-state index is 13.0. The monoisotopic (exact) mass is 459 g/mol. The second-order valence-corrected chi connectivity index (χ2v) is 7.64. The summed E-state index contributed by atoms with van der Waals surface area (Å²) >= 11 is 5.92. The minimum Gasteiger partial charge on any atom is -0.452 e. The Morgan fingerprint density at radius 1 is 1.06 bits per heavy atom. The number of fused-ring (bicyclic) bond motifs is 1. The zero-order chi connectivity index (χ0) is 22.8. The average Bonchev–Trinajstić information content (AvgIpc) is 3.50. The van der Waals surface area contributed by atoms with Gasteiger partial charge in [0.2, 0.25) is 5.89 Å². The second-order valence-electron chi connectivity index (χ2n) is 7.20. The highest BCUT2D eigenvalue weighted by atomic mass is 35.5. The molecule has 0 aliphatic rings. The van der Waals surface area contributed by atoms with Crippen molar-refractivity contribution in [3.63, 3.8) is 0 Å². The van der Waals surface area contributed by atoms with Gasteiger partial charge in [-0.25, -0.2) is 14.5 Å². The summed E-state index contributed by atoms with van der Waals surface area (Å²) in [6.45, 7) is 2.43. The summed E-state index contributed by atoms with van der Waals surface area (Å²) in [7, 11) is 0. The molecule has 0 fully saturated rings. The molecule has 0 atom stereocenters. The summed E-state index contributed by atoms with van der Waals surface area (Å²) in [5.41, 5.74) is 3.26. The third kappa shape index (κ3) is 4.20. The first kappa shape index (κ1) is 20.8. The Labute approximate surface area is 193 Å². The molecule has 0 saturated carbocycles. The van der Waals surface area contributed by atoms with Crippen LogP contribution in [-0.4, -0.2) is 30.9 Å². The van der Waals surface area contributed by atoms with Gasteiger partial charge in [0.05, 0.1) is 22.8 Å². The van der Waals surface area contributed by atoms with Crippen LogP contribution >= 0.6 is 11.6 Å². The standard InChI is InChI=1S/C24H18ClN5O3/c1-2-30-22-19(13-26-30)18(12-20(27-22)15-6-4-3-5-7-15)24(31)32-14-21-28-29-23(33-21)16-8-10-17(25)11-9-16/h3-13H,2,14H2,1H3. The highest BCUT2D eigenvalue weighted by Gasteiger charge is 2.19. The number of ether oxygens (including phenoxy) is 1. The van der Waals surface area contributed by atoms with Gasteiger partial charge in [0, 0.05) is 22.7 Å². The molecule has 9 heteroatoms. The summed E-state index contributed by atoms with van der Waals surface area (Å²) < 4.78 is 12.9. The van der Waals surface area contributed by atoms with Crippen LogP contribution < -0.4 is 0 Å². The van der Waals surface area contributed by atoms with Gasteiger partial charge in [-0.15, -0.1) is 10.2 Å². The zero-order valence-corrected chi connectivity index (χ0v) is 18.4. The largest absolute Gasteiger partial charge is 0.452 e. The number of aryl methyl sites for hydroxylation is 1. The molecule has 8 nitrogen and oxygen atoms in total. The Balaban J connectivity index is 1.41. The Morgan fingerprint density at radius 3 is 2.61 bits per heavy atom. The topological polar surface area (TPSA) is 95.9 Å². The Bertz CT molecular complexity index is 1430. The minimum atomic E-state index is -0.526. The second kappa shape index (κ2) is 8.84. The van der Waals surface area contributed by atoms with Crippen LogP contribution in [-0.2, 0) is 17.9 Å². The summed E-state index contributed by atoms with van der Waals surface area (Å²) in [6, 6.07) is 18.4. The smallest absolute Gasteiger partial charge is 0.339 e. The molecular formula is C24H18ClN5O3. The van der Waals surface area contributed by atoms with Crippen LogP contribution in [0.3, 0.4) is 0 Å². The fourth-order valence-electron chi connectivity index (χ4n) is 3.43. The fraction of sp³-hybridized carbons (Fsp3) is 0.125. The molecular weight excluding hydrogens is 442 g/mol.